The van der Waals surface area contributed by atoms with E-state index in [2.05, 4.69) is 16.0 Å². The number of carboxylic acids is 1. The first-order valence-corrected chi connectivity index (χ1v) is 10.1. The highest BCUT2D eigenvalue weighted by Gasteiger charge is 2.52. The van der Waals surface area contributed by atoms with Crippen molar-refractivity contribution in [3.8, 4) is 0 Å². The third kappa shape index (κ3) is 3.56. The quantitative estimate of drug-likeness (QED) is 0.516. The highest BCUT2D eigenvalue weighted by atomic mass is 32.1. The van der Waals surface area contributed by atoms with Gasteiger partial charge in [-0.1, -0.05) is 36.4 Å². The van der Waals surface area contributed by atoms with Gasteiger partial charge in [0, 0.05) is 22.7 Å². The number of hydrogen-bond acceptors (Lipinski definition) is 4. The van der Waals surface area contributed by atoms with Crippen molar-refractivity contribution in [2.75, 3.05) is 6.54 Å². The molecule has 6 nitrogen and oxygen atoms in total. The van der Waals surface area contributed by atoms with Crippen LogP contribution in [0.4, 0.5) is 9.18 Å². The van der Waals surface area contributed by atoms with Crippen molar-refractivity contribution in [3.05, 3.63) is 70.9 Å². The molecule has 0 spiro atoms. The summed E-state index contributed by atoms with van der Waals surface area (Å²) < 4.78 is 14.8. The largest absolute Gasteiger partial charge is 0.478 e. The van der Waals surface area contributed by atoms with Crippen molar-refractivity contribution >= 4 is 33.4 Å². The molecule has 8 heteroatoms. The zero-order valence-electron chi connectivity index (χ0n) is 15.4. The summed E-state index contributed by atoms with van der Waals surface area (Å²) in [5.74, 6) is -2.02. The van der Waals surface area contributed by atoms with Crippen LogP contribution in [0.15, 0.2) is 53.9 Å². The zero-order chi connectivity index (χ0) is 20.4. The van der Waals surface area contributed by atoms with E-state index in [1.165, 1.54) is 6.07 Å². The maximum Gasteiger partial charge on any atom is 0.345 e. The summed E-state index contributed by atoms with van der Waals surface area (Å²) in [7, 11) is 0. The minimum atomic E-state index is -1.64. The number of urea groups is 1. The van der Waals surface area contributed by atoms with Gasteiger partial charge in [0.05, 0.1) is 0 Å². The monoisotopic (exact) mass is 413 g/mol. The van der Waals surface area contributed by atoms with Crippen LogP contribution in [0.25, 0.3) is 10.1 Å². The minimum Gasteiger partial charge on any atom is -0.478 e. The molecule has 0 aliphatic carbocycles. The summed E-state index contributed by atoms with van der Waals surface area (Å²) in [6.07, 6.45) is 0.570. The predicted molar refractivity (Wildman–Crippen MR) is 109 cm³/mol. The molecule has 150 valence electrons. The number of hydrogen-bond donors (Lipinski definition) is 4. The van der Waals surface area contributed by atoms with Crippen molar-refractivity contribution in [1.29, 1.82) is 0 Å². The molecule has 29 heavy (non-hydrogen) atoms. The van der Waals surface area contributed by atoms with E-state index in [1.54, 1.807) is 29.5 Å². The summed E-state index contributed by atoms with van der Waals surface area (Å²) in [6.45, 7) is 0.412. The maximum atomic E-state index is 13.8. The molecule has 2 amide bonds. The summed E-state index contributed by atoms with van der Waals surface area (Å²) in [4.78, 5) is 24.8. The van der Waals surface area contributed by atoms with Gasteiger partial charge in [0.25, 0.3) is 0 Å². The molecule has 2 aromatic carbocycles. The van der Waals surface area contributed by atoms with Gasteiger partial charge in [-0.15, -0.1) is 11.3 Å². The molecule has 2 atom stereocenters. The van der Waals surface area contributed by atoms with Crippen LogP contribution in [-0.4, -0.2) is 29.3 Å². The van der Waals surface area contributed by atoms with E-state index in [0.29, 0.717) is 18.5 Å². The number of fused-ring (bicyclic) bond motifs is 1. The second-order valence-electron chi connectivity index (χ2n) is 6.97. The van der Waals surface area contributed by atoms with Gasteiger partial charge in [0.2, 0.25) is 0 Å². The first kappa shape index (κ1) is 19.4. The fourth-order valence-corrected chi connectivity index (χ4v) is 4.88. The minimum absolute atomic E-state index is 0.0414. The predicted octanol–water partition coefficient (Wildman–Crippen LogP) is 3.40. The number of carbonyl (C=O) groups is 2. The van der Waals surface area contributed by atoms with Crippen LogP contribution >= 0.6 is 11.3 Å². The molecule has 1 aliphatic rings. The Morgan fingerprint density at radius 2 is 1.97 bits per heavy atom. The Hall–Kier alpha value is -2.97. The molecule has 2 heterocycles. The fourth-order valence-electron chi connectivity index (χ4n) is 3.86. The first-order valence-electron chi connectivity index (χ1n) is 9.25. The van der Waals surface area contributed by atoms with Crippen LogP contribution in [0.3, 0.4) is 0 Å². The molecule has 1 aliphatic heterocycles. The van der Waals surface area contributed by atoms with Gasteiger partial charge in [-0.05, 0) is 41.4 Å². The molecular weight excluding hydrogens is 393 g/mol. The van der Waals surface area contributed by atoms with Crippen LogP contribution in [0.1, 0.15) is 23.5 Å². The number of carboxylic acid groups (broad SMARTS) is 1. The van der Waals surface area contributed by atoms with Gasteiger partial charge < -0.3 is 15.7 Å². The normalized spacial score (nSPS) is 21.2. The second kappa shape index (κ2) is 7.81. The van der Waals surface area contributed by atoms with Crippen molar-refractivity contribution in [3.63, 3.8) is 0 Å². The lowest BCUT2D eigenvalue weighted by molar-refractivity contribution is -0.146. The molecule has 1 unspecified atom stereocenters. The topological polar surface area (TPSA) is 90.5 Å². The van der Waals surface area contributed by atoms with E-state index in [0.717, 1.165) is 15.6 Å². The van der Waals surface area contributed by atoms with Gasteiger partial charge in [-0.25, -0.2) is 14.0 Å². The fraction of sp³-hybridized carbons (Fsp3) is 0.238. The molecule has 0 bridgehead atoms. The Bertz CT molecular complexity index is 1070. The highest BCUT2D eigenvalue weighted by Crippen LogP contribution is 2.40. The van der Waals surface area contributed by atoms with Crippen LogP contribution in [0, 0.1) is 5.82 Å². The van der Waals surface area contributed by atoms with Gasteiger partial charge >= 0.3 is 12.0 Å². The van der Waals surface area contributed by atoms with Crippen molar-refractivity contribution in [2.24, 2.45) is 0 Å². The first-order chi connectivity index (χ1) is 14.0. The number of aliphatic carboxylic acids is 1. The SMILES string of the molecule is O=C(NCc1ccccc1F)N[C@]1(C(=O)O)NCCC1c1csc2ccccc12. The van der Waals surface area contributed by atoms with Gasteiger partial charge in [-0.2, -0.15) is 0 Å². The summed E-state index contributed by atoms with van der Waals surface area (Å²) >= 11 is 1.55. The third-order valence-electron chi connectivity index (χ3n) is 5.29. The van der Waals surface area contributed by atoms with Crippen molar-refractivity contribution < 1.29 is 19.1 Å². The zero-order valence-corrected chi connectivity index (χ0v) is 16.3. The van der Waals surface area contributed by atoms with Crippen molar-refractivity contribution in [1.82, 2.24) is 16.0 Å². The smallest absolute Gasteiger partial charge is 0.345 e. The lowest BCUT2D eigenvalue weighted by Gasteiger charge is -2.32. The molecule has 1 aromatic heterocycles. The number of carbonyl (C=O) groups excluding carboxylic acids is 1. The van der Waals surface area contributed by atoms with Crippen molar-refractivity contribution in [2.45, 2.75) is 24.5 Å². The molecule has 3 aromatic rings. The average Bonchev–Trinajstić information content (AvgIpc) is 3.32. The lowest BCUT2D eigenvalue weighted by Crippen LogP contribution is -2.65. The Labute approximate surface area is 170 Å². The van der Waals surface area contributed by atoms with Crippen LogP contribution in [0.5, 0.6) is 0 Å². The average molecular weight is 413 g/mol. The molecule has 4 N–H and O–H groups in total. The summed E-state index contributed by atoms with van der Waals surface area (Å²) in [6, 6.07) is 13.2. The van der Waals surface area contributed by atoms with E-state index in [1.807, 2.05) is 29.6 Å². The maximum absolute atomic E-state index is 13.8. The molecular formula is C21H20FN3O3S. The number of amides is 2. The van der Waals surface area contributed by atoms with Gasteiger partial charge in [-0.3, -0.25) is 5.32 Å². The highest BCUT2D eigenvalue weighted by molar-refractivity contribution is 7.17. The molecule has 0 saturated carbocycles. The number of benzene rings is 2. The van der Waals surface area contributed by atoms with E-state index in [9.17, 15) is 19.1 Å². The number of nitrogens with one attached hydrogen (secondary N) is 3. The lowest BCUT2D eigenvalue weighted by atomic mass is 9.86. The van der Waals surface area contributed by atoms with E-state index < -0.39 is 29.4 Å². The Balaban J connectivity index is 1.57. The van der Waals surface area contributed by atoms with E-state index >= 15 is 0 Å². The third-order valence-corrected chi connectivity index (χ3v) is 6.27. The Kier molecular flexibility index (Phi) is 5.21. The number of halogens is 1. The second-order valence-corrected chi connectivity index (χ2v) is 7.88. The van der Waals surface area contributed by atoms with Crippen LogP contribution in [-0.2, 0) is 11.3 Å². The standard InChI is InChI=1S/C21H20FN3O3S/c22-17-7-3-1-5-13(17)11-23-20(28)25-21(19(26)27)16(9-10-24-21)15-12-29-18-8-4-2-6-14(15)18/h1-8,12,16,24H,9-11H2,(H,26,27)(H2,23,25,28)/t16?,21-/m1/s1. The number of rotatable bonds is 5. The number of thiophene rings is 1. The Morgan fingerprint density at radius 3 is 2.76 bits per heavy atom. The van der Waals surface area contributed by atoms with Crippen LogP contribution < -0.4 is 16.0 Å². The van der Waals surface area contributed by atoms with E-state index in [-0.39, 0.29) is 6.54 Å². The molecule has 1 fully saturated rings. The van der Waals surface area contributed by atoms with Gasteiger partial charge in [0.1, 0.15) is 5.82 Å². The molecule has 4 rings (SSSR count). The van der Waals surface area contributed by atoms with Gasteiger partial charge in [0.15, 0.2) is 5.66 Å². The molecule has 1 saturated heterocycles. The summed E-state index contributed by atoms with van der Waals surface area (Å²) in [5, 5.41) is 21.1. The molecule has 0 radical (unpaired) electrons. The summed E-state index contributed by atoms with van der Waals surface area (Å²) in [5.41, 5.74) is -0.414. The van der Waals surface area contributed by atoms with E-state index in [4.69, 9.17) is 0 Å². The Morgan fingerprint density at radius 1 is 1.21 bits per heavy atom. The van der Waals surface area contributed by atoms with Crippen LogP contribution in [0.2, 0.25) is 0 Å².